The molecule has 1 aromatic heterocycles. The van der Waals surface area contributed by atoms with Crippen molar-refractivity contribution in [3.63, 3.8) is 0 Å². The average molecular weight is 719 g/mol. The molecule has 2 nitrogen and oxygen atoms in total. The molecule has 2 heteroatoms. The summed E-state index contributed by atoms with van der Waals surface area (Å²) in [6, 6.07) is 67.5. The summed E-state index contributed by atoms with van der Waals surface area (Å²) >= 11 is 0. The lowest BCUT2D eigenvalue weighted by molar-refractivity contribution is 0.660. The molecule has 0 unspecified atom stereocenters. The van der Waals surface area contributed by atoms with Gasteiger partial charge in [0.2, 0.25) is 0 Å². The van der Waals surface area contributed by atoms with E-state index in [0.717, 1.165) is 17.1 Å². The molecule has 56 heavy (non-hydrogen) atoms. The van der Waals surface area contributed by atoms with Crippen LogP contribution in [0.3, 0.4) is 0 Å². The summed E-state index contributed by atoms with van der Waals surface area (Å²) in [6.45, 7) is 9.47. The van der Waals surface area contributed by atoms with Crippen LogP contribution in [-0.4, -0.2) is 4.57 Å². The second kappa shape index (κ2) is 11.9. The Kier molecular flexibility index (Phi) is 6.98. The first-order valence-corrected chi connectivity index (χ1v) is 19.8. The van der Waals surface area contributed by atoms with Gasteiger partial charge in [0.15, 0.2) is 0 Å². The summed E-state index contributed by atoms with van der Waals surface area (Å²) in [5.41, 5.74) is 20.1. The second-order valence-corrected chi connectivity index (χ2v) is 16.6. The summed E-state index contributed by atoms with van der Waals surface area (Å²) in [6.07, 6.45) is 0. The van der Waals surface area contributed by atoms with E-state index in [1.165, 1.54) is 83.1 Å². The zero-order chi connectivity index (χ0) is 37.8. The highest BCUT2D eigenvalue weighted by molar-refractivity contribution is 6.13. The minimum atomic E-state index is -0.109. The molecule has 0 fully saturated rings. The molecular formula is C54H42N2. The number of fused-ring (bicyclic) bond motifs is 9. The second-order valence-electron chi connectivity index (χ2n) is 16.6. The molecule has 0 saturated carbocycles. The molecule has 0 bridgehead atoms. The summed E-state index contributed by atoms with van der Waals surface area (Å²) in [7, 11) is 0. The van der Waals surface area contributed by atoms with Crippen molar-refractivity contribution < 1.29 is 0 Å². The number of para-hydroxylation sites is 1. The van der Waals surface area contributed by atoms with Crippen LogP contribution in [0.15, 0.2) is 182 Å². The molecule has 0 atom stereocenters. The molecule has 1 heterocycles. The molecule has 0 spiro atoms. The third-order valence-corrected chi connectivity index (χ3v) is 12.8. The summed E-state index contributed by atoms with van der Waals surface area (Å²) < 4.78 is 2.46. The van der Waals surface area contributed by atoms with Crippen LogP contribution in [-0.2, 0) is 10.8 Å². The molecule has 2 aliphatic carbocycles. The molecule has 0 aliphatic heterocycles. The van der Waals surface area contributed by atoms with E-state index in [-0.39, 0.29) is 10.8 Å². The number of nitrogens with zero attached hydrogens (tertiary/aromatic N) is 2. The van der Waals surface area contributed by atoms with Gasteiger partial charge in [-0.1, -0.05) is 143 Å². The molecule has 2 aliphatic rings. The van der Waals surface area contributed by atoms with Crippen molar-refractivity contribution in [2.75, 3.05) is 4.90 Å². The van der Waals surface area contributed by atoms with Crippen molar-refractivity contribution in [2.45, 2.75) is 38.5 Å². The van der Waals surface area contributed by atoms with Gasteiger partial charge >= 0.3 is 0 Å². The summed E-state index contributed by atoms with van der Waals surface area (Å²) in [5.74, 6) is 0. The van der Waals surface area contributed by atoms with Gasteiger partial charge in [-0.2, -0.15) is 0 Å². The Labute approximate surface area is 328 Å². The fourth-order valence-corrected chi connectivity index (χ4v) is 9.91. The molecule has 0 saturated heterocycles. The molecule has 9 aromatic rings. The van der Waals surface area contributed by atoms with Crippen LogP contribution in [0, 0.1) is 0 Å². The average Bonchev–Trinajstić information content (AvgIpc) is 3.77. The van der Waals surface area contributed by atoms with Crippen molar-refractivity contribution in [3.05, 3.63) is 204 Å². The Morgan fingerprint density at radius 3 is 1.55 bits per heavy atom. The maximum Gasteiger partial charge on any atom is 0.0544 e. The van der Waals surface area contributed by atoms with Crippen molar-refractivity contribution in [1.82, 2.24) is 4.57 Å². The fourth-order valence-electron chi connectivity index (χ4n) is 9.91. The monoisotopic (exact) mass is 718 g/mol. The number of aromatic nitrogens is 1. The van der Waals surface area contributed by atoms with E-state index < -0.39 is 0 Å². The van der Waals surface area contributed by atoms with E-state index in [2.05, 4.69) is 219 Å². The van der Waals surface area contributed by atoms with Crippen LogP contribution >= 0.6 is 0 Å². The van der Waals surface area contributed by atoms with Crippen molar-refractivity contribution in [2.24, 2.45) is 0 Å². The fraction of sp³-hybridized carbons (Fsp3) is 0.111. The van der Waals surface area contributed by atoms with E-state index >= 15 is 0 Å². The number of rotatable bonds is 5. The first-order valence-electron chi connectivity index (χ1n) is 19.8. The Balaban J connectivity index is 1.15. The Morgan fingerprint density at radius 1 is 0.357 bits per heavy atom. The molecule has 0 radical (unpaired) electrons. The quantitative estimate of drug-likeness (QED) is 0.172. The lowest BCUT2D eigenvalue weighted by Crippen LogP contribution is -2.16. The number of hydrogen-bond acceptors (Lipinski definition) is 1. The smallest absolute Gasteiger partial charge is 0.0544 e. The van der Waals surface area contributed by atoms with Crippen molar-refractivity contribution in [1.29, 1.82) is 0 Å². The van der Waals surface area contributed by atoms with E-state index in [0.29, 0.717) is 0 Å². The SMILES string of the molecule is CC1(C)c2ccccc2-c2ccc(N(c3ccc(-c4ccccc4)cc3)c3ccc4c(c3)c3cc5c(cc3n4-c3ccccc3)C(C)(C)c3ccccc3-5)cc21. The highest BCUT2D eigenvalue weighted by Gasteiger charge is 2.37. The van der Waals surface area contributed by atoms with E-state index in [4.69, 9.17) is 0 Å². The third-order valence-electron chi connectivity index (χ3n) is 12.8. The molecule has 268 valence electrons. The maximum absolute atomic E-state index is 2.47. The van der Waals surface area contributed by atoms with Gasteiger partial charge < -0.3 is 9.47 Å². The van der Waals surface area contributed by atoms with Gasteiger partial charge in [-0.05, 0) is 122 Å². The van der Waals surface area contributed by atoms with Crippen LogP contribution in [0.4, 0.5) is 17.1 Å². The first kappa shape index (κ1) is 32.8. The predicted octanol–water partition coefficient (Wildman–Crippen LogP) is 14.5. The Morgan fingerprint density at radius 2 is 0.857 bits per heavy atom. The molecule has 0 amide bonds. The first-order chi connectivity index (χ1) is 27.3. The molecular weight excluding hydrogens is 677 g/mol. The highest BCUT2D eigenvalue weighted by atomic mass is 15.1. The largest absolute Gasteiger partial charge is 0.310 e. The van der Waals surface area contributed by atoms with Gasteiger partial charge in [-0.3, -0.25) is 0 Å². The van der Waals surface area contributed by atoms with Gasteiger partial charge in [-0.25, -0.2) is 0 Å². The topological polar surface area (TPSA) is 8.17 Å². The lowest BCUT2D eigenvalue weighted by atomic mass is 9.82. The zero-order valence-electron chi connectivity index (χ0n) is 32.2. The minimum Gasteiger partial charge on any atom is -0.310 e. The van der Waals surface area contributed by atoms with E-state index in [9.17, 15) is 0 Å². The van der Waals surface area contributed by atoms with Gasteiger partial charge in [0, 0.05) is 44.4 Å². The lowest BCUT2D eigenvalue weighted by Gasteiger charge is -2.28. The maximum atomic E-state index is 2.47. The number of benzene rings is 8. The van der Waals surface area contributed by atoms with E-state index in [1.807, 2.05) is 0 Å². The van der Waals surface area contributed by atoms with Crippen molar-refractivity contribution >= 4 is 38.9 Å². The normalized spacial score (nSPS) is 14.4. The van der Waals surface area contributed by atoms with Crippen molar-refractivity contribution in [3.8, 4) is 39.1 Å². The molecule has 0 N–H and O–H groups in total. The molecule has 11 rings (SSSR count). The highest BCUT2D eigenvalue weighted by Crippen LogP contribution is 2.53. The van der Waals surface area contributed by atoms with Crippen LogP contribution < -0.4 is 4.90 Å². The standard InChI is InChI=1S/C54H42N2/c1-53(2)47-21-13-11-19-41(47)43-29-27-40(32-49(43)53)55(38-25-23-36(24-26-38)35-15-7-5-8-16-35)39-28-30-51-45(31-39)46-33-44-42-20-12-14-22-48(42)54(3,4)50(44)34-52(46)56(51)37-17-9-6-10-18-37/h5-34H,1-4H3. The van der Waals surface area contributed by atoms with Gasteiger partial charge in [0.25, 0.3) is 0 Å². The van der Waals surface area contributed by atoms with Crippen LogP contribution in [0.2, 0.25) is 0 Å². The summed E-state index contributed by atoms with van der Waals surface area (Å²) in [5, 5.41) is 2.51. The van der Waals surface area contributed by atoms with Crippen LogP contribution in [0.25, 0.3) is 60.9 Å². The van der Waals surface area contributed by atoms with Crippen LogP contribution in [0.1, 0.15) is 49.9 Å². The van der Waals surface area contributed by atoms with Gasteiger partial charge in [0.05, 0.1) is 11.0 Å². The third kappa shape index (κ3) is 4.69. The van der Waals surface area contributed by atoms with Crippen LogP contribution in [0.5, 0.6) is 0 Å². The predicted molar refractivity (Wildman–Crippen MR) is 236 cm³/mol. The number of anilines is 3. The molecule has 8 aromatic carbocycles. The van der Waals surface area contributed by atoms with Gasteiger partial charge in [-0.15, -0.1) is 0 Å². The van der Waals surface area contributed by atoms with E-state index in [1.54, 1.807) is 0 Å². The Bertz CT molecular complexity index is 3000. The zero-order valence-corrected chi connectivity index (χ0v) is 32.2. The Hall–Kier alpha value is -6.64. The minimum absolute atomic E-state index is 0.0903. The summed E-state index contributed by atoms with van der Waals surface area (Å²) in [4.78, 5) is 2.45. The van der Waals surface area contributed by atoms with Gasteiger partial charge in [0.1, 0.15) is 0 Å². The number of hydrogen-bond donors (Lipinski definition) is 0.